The van der Waals surface area contributed by atoms with Gasteiger partial charge in [-0.2, -0.15) is 0 Å². The third-order valence-corrected chi connectivity index (χ3v) is 3.07. The molecule has 13 heavy (non-hydrogen) atoms. The second kappa shape index (κ2) is 3.50. The molecule has 0 saturated carbocycles. The fourth-order valence-electron chi connectivity index (χ4n) is 1.17. The summed E-state index contributed by atoms with van der Waals surface area (Å²) in [6.07, 6.45) is 1.43. The van der Waals surface area contributed by atoms with Crippen molar-refractivity contribution in [1.82, 2.24) is 0 Å². The predicted molar refractivity (Wildman–Crippen MR) is 55.3 cm³/mol. The van der Waals surface area contributed by atoms with E-state index in [1.54, 1.807) is 6.92 Å². The lowest BCUT2D eigenvalue weighted by molar-refractivity contribution is 0.458. The van der Waals surface area contributed by atoms with Gasteiger partial charge in [0.1, 0.15) is 11.6 Å². The van der Waals surface area contributed by atoms with Crippen molar-refractivity contribution in [2.45, 2.75) is 13.8 Å². The van der Waals surface area contributed by atoms with Gasteiger partial charge in [-0.05, 0) is 29.8 Å². The van der Waals surface area contributed by atoms with Gasteiger partial charge in [0, 0.05) is 21.2 Å². The van der Waals surface area contributed by atoms with Crippen molar-refractivity contribution in [3.8, 4) is 5.75 Å². The Labute approximate surface area is 85.0 Å². The van der Waals surface area contributed by atoms with Gasteiger partial charge in [0.15, 0.2) is 0 Å². The number of hydrogen-bond acceptors (Lipinski definition) is 1. The van der Waals surface area contributed by atoms with Crippen LogP contribution >= 0.6 is 15.9 Å². The molecule has 0 aliphatic carbocycles. The summed E-state index contributed by atoms with van der Waals surface area (Å²) in [6.45, 7) is 6.77. The lowest BCUT2D eigenvalue weighted by Crippen LogP contribution is -1.93. The zero-order chi connectivity index (χ0) is 10.2. The molecule has 0 aliphatic heterocycles. The molecule has 0 radical (unpaired) electrons. The molecule has 1 nitrogen and oxygen atoms in total. The lowest BCUT2D eigenvalue weighted by Gasteiger charge is -2.10. The predicted octanol–water partition coefficient (Wildman–Crippen LogP) is 3.55. The second-order valence-corrected chi connectivity index (χ2v) is 3.64. The van der Waals surface area contributed by atoms with Crippen LogP contribution in [0.15, 0.2) is 11.1 Å². The van der Waals surface area contributed by atoms with Crippen LogP contribution in [-0.4, -0.2) is 5.11 Å². The zero-order valence-electron chi connectivity index (χ0n) is 7.49. The third-order valence-electron chi connectivity index (χ3n) is 2.05. The van der Waals surface area contributed by atoms with Crippen molar-refractivity contribution >= 4 is 22.0 Å². The summed E-state index contributed by atoms with van der Waals surface area (Å²) in [5.41, 5.74) is 1.29. The summed E-state index contributed by atoms with van der Waals surface area (Å²) >= 11 is 3.20. The molecule has 1 aromatic rings. The van der Waals surface area contributed by atoms with Gasteiger partial charge in [0.25, 0.3) is 0 Å². The Morgan fingerprint density at radius 3 is 2.38 bits per heavy atom. The first kappa shape index (κ1) is 10.3. The smallest absolute Gasteiger partial charge is 0.138 e. The highest BCUT2D eigenvalue weighted by Gasteiger charge is 2.15. The Morgan fingerprint density at radius 1 is 1.38 bits per heavy atom. The quantitative estimate of drug-likeness (QED) is 0.802. The number of phenols is 1. The van der Waals surface area contributed by atoms with Crippen LogP contribution in [0.25, 0.3) is 6.08 Å². The van der Waals surface area contributed by atoms with Crippen LogP contribution in [0, 0.1) is 19.7 Å². The molecule has 0 fully saturated rings. The van der Waals surface area contributed by atoms with E-state index < -0.39 is 5.82 Å². The number of benzene rings is 1. The number of rotatable bonds is 1. The highest BCUT2D eigenvalue weighted by Crippen LogP contribution is 2.35. The summed E-state index contributed by atoms with van der Waals surface area (Å²) in [5, 5.41) is 9.48. The Hall–Kier alpha value is -0.830. The Morgan fingerprint density at radius 2 is 1.92 bits per heavy atom. The molecule has 1 rings (SSSR count). The minimum atomic E-state index is -0.426. The maximum Gasteiger partial charge on any atom is 0.138 e. The Balaban J connectivity index is 3.66. The molecule has 3 heteroatoms. The molecule has 0 heterocycles. The molecule has 1 N–H and O–H groups in total. The molecular formula is C10H10BrFO. The fraction of sp³-hybridized carbons (Fsp3) is 0.200. The highest BCUT2D eigenvalue weighted by molar-refractivity contribution is 9.10. The van der Waals surface area contributed by atoms with E-state index in [0.29, 0.717) is 15.6 Å². The molecule has 0 spiro atoms. The van der Waals surface area contributed by atoms with Crippen molar-refractivity contribution in [2.75, 3.05) is 0 Å². The van der Waals surface area contributed by atoms with Crippen molar-refractivity contribution in [3.05, 3.63) is 33.6 Å². The first-order valence-electron chi connectivity index (χ1n) is 3.80. The van der Waals surface area contributed by atoms with E-state index in [4.69, 9.17) is 0 Å². The van der Waals surface area contributed by atoms with E-state index in [0.717, 1.165) is 0 Å². The van der Waals surface area contributed by atoms with Gasteiger partial charge in [-0.3, -0.25) is 0 Å². The van der Waals surface area contributed by atoms with Crippen LogP contribution in [0.3, 0.4) is 0 Å². The summed E-state index contributed by atoms with van der Waals surface area (Å²) in [7, 11) is 0. The Bertz CT molecular complexity index is 343. The topological polar surface area (TPSA) is 20.2 Å². The maximum atomic E-state index is 13.4. The minimum Gasteiger partial charge on any atom is -0.507 e. The van der Waals surface area contributed by atoms with E-state index in [1.807, 2.05) is 0 Å². The van der Waals surface area contributed by atoms with Crippen LogP contribution in [0.5, 0.6) is 5.75 Å². The average molecular weight is 245 g/mol. The standard InChI is InChI=1S/C10H10BrFO/c1-4-7-8(11)5(2)10(13)6(3)9(7)12/h4,13H,1H2,2-3H3. The SMILES string of the molecule is C=Cc1c(F)c(C)c(O)c(C)c1Br. The van der Waals surface area contributed by atoms with Gasteiger partial charge in [-0.15, -0.1) is 0 Å². The maximum absolute atomic E-state index is 13.4. The molecule has 0 aliphatic rings. The van der Waals surface area contributed by atoms with Crippen LogP contribution in [0.2, 0.25) is 0 Å². The van der Waals surface area contributed by atoms with Crippen LogP contribution in [0.4, 0.5) is 4.39 Å². The van der Waals surface area contributed by atoms with Crippen LogP contribution in [-0.2, 0) is 0 Å². The molecule has 0 amide bonds. The highest BCUT2D eigenvalue weighted by atomic mass is 79.9. The monoisotopic (exact) mass is 244 g/mol. The molecule has 0 atom stereocenters. The van der Waals surface area contributed by atoms with E-state index in [-0.39, 0.29) is 11.3 Å². The van der Waals surface area contributed by atoms with Crippen LogP contribution in [0.1, 0.15) is 16.7 Å². The van der Waals surface area contributed by atoms with E-state index >= 15 is 0 Å². The summed E-state index contributed by atoms with van der Waals surface area (Å²) < 4.78 is 14.0. The Kier molecular flexibility index (Phi) is 2.76. The first-order chi connectivity index (χ1) is 6.00. The zero-order valence-corrected chi connectivity index (χ0v) is 9.07. The van der Waals surface area contributed by atoms with E-state index in [1.165, 1.54) is 13.0 Å². The number of aromatic hydroxyl groups is 1. The third kappa shape index (κ3) is 1.48. The van der Waals surface area contributed by atoms with Gasteiger partial charge in [-0.1, -0.05) is 12.7 Å². The summed E-state index contributed by atoms with van der Waals surface area (Å²) in [6, 6.07) is 0. The minimum absolute atomic E-state index is 0.00465. The van der Waals surface area contributed by atoms with Crippen molar-refractivity contribution in [2.24, 2.45) is 0 Å². The average Bonchev–Trinajstić information content (AvgIpc) is 2.13. The van der Waals surface area contributed by atoms with Crippen molar-refractivity contribution < 1.29 is 9.50 Å². The molecule has 0 saturated heterocycles. The summed E-state index contributed by atoms with van der Waals surface area (Å²) in [4.78, 5) is 0. The largest absolute Gasteiger partial charge is 0.507 e. The van der Waals surface area contributed by atoms with Gasteiger partial charge in [0.2, 0.25) is 0 Å². The van der Waals surface area contributed by atoms with Gasteiger partial charge in [0.05, 0.1) is 0 Å². The summed E-state index contributed by atoms with van der Waals surface area (Å²) in [5.74, 6) is -0.431. The molecular weight excluding hydrogens is 235 g/mol. The molecule has 0 bridgehead atoms. The molecule has 0 unspecified atom stereocenters. The first-order valence-corrected chi connectivity index (χ1v) is 4.59. The molecule has 1 aromatic carbocycles. The molecule has 0 aromatic heterocycles. The van der Waals surface area contributed by atoms with Crippen molar-refractivity contribution in [1.29, 1.82) is 0 Å². The fourth-order valence-corrected chi connectivity index (χ4v) is 1.69. The van der Waals surface area contributed by atoms with E-state index in [9.17, 15) is 9.50 Å². The van der Waals surface area contributed by atoms with E-state index in [2.05, 4.69) is 22.5 Å². The molecule has 70 valence electrons. The lowest BCUT2D eigenvalue weighted by atomic mass is 10.0. The van der Waals surface area contributed by atoms with Crippen molar-refractivity contribution in [3.63, 3.8) is 0 Å². The van der Waals surface area contributed by atoms with Gasteiger partial charge >= 0.3 is 0 Å². The number of phenolic OH excluding ortho intramolecular Hbond substituents is 1. The second-order valence-electron chi connectivity index (χ2n) is 2.84. The van der Waals surface area contributed by atoms with Gasteiger partial charge in [-0.25, -0.2) is 4.39 Å². The van der Waals surface area contributed by atoms with Crippen LogP contribution < -0.4 is 0 Å². The number of halogens is 2. The number of hydrogen-bond donors (Lipinski definition) is 1. The normalized spacial score (nSPS) is 10.2. The van der Waals surface area contributed by atoms with Gasteiger partial charge < -0.3 is 5.11 Å².